The van der Waals surface area contributed by atoms with E-state index in [2.05, 4.69) is 33.2 Å². The first-order chi connectivity index (χ1) is 5.27. The molecule has 60 valence electrons. The van der Waals surface area contributed by atoms with Crippen LogP contribution in [0.5, 0.6) is 0 Å². The Balaban J connectivity index is 2.19. The Labute approximate surface area is 79.0 Å². The summed E-state index contributed by atoms with van der Waals surface area (Å²) in [6, 6.07) is 0. The number of hydrogen-bond acceptors (Lipinski definition) is 2. The molecule has 3 heteroatoms. The van der Waals surface area contributed by atoms with Crippen LogP contribution in [0.2, 0.25) is 0 Å². The average Bonchev–Trinajstić information content (AvgIpc) is 2.55. The van der Waals surface area contributed by atoms with Gasteiger partial charge in [-0.25, -0.2) is 4.98 Å². The fraction of sp³-hybridized carbons (Fsp3) is 0.625. The largest absolute Gasteiger partial charge is 0.249 e. The zero-order chi connectivity index (χ0) is 7.90. The monoisotopic (exact) mass is 231 g/mol. The van der Waals surface area contributed by atoms with Crippen molar-refractivity contribution in [3.63, 3.8) is 0 Å². The van der Waals surface area contributed by atoms with Crippen molar-refractivity contribution in [3.8, 4) is 0 Å². The topological polar surface area (TPSA) is 12.9 Å². The van der Waals surface area contributed by atoms with Gasteiger partial charge in [-0.3, -0.25) is 0 Å². The first-order valence-electron chi connectivity index (χ1n) is 3.73. The van der Waals surface area contributed by atoms with Crippen molar-refractivity contribution in [3.05, 3.63) is 16.6 Å². The third kappa shape index (κ3) is 1.14. The summed E-state index contributed by atoms with van der Waals surface area (Å²) in [5.74, 6) is 0.814. The number of nitrogens with zero attached hydrogens (tertiary/aromatic N) is 1. The number of thiazole rings is 1. The highest BCUT2D eigenvalue weighted by Crippen LogP contribution is 2.55. The number of aromatic nitrogens is 1. The van der Waals surface area contributed by atoms with Crippen molar-refractivity contribution >= 4 is 27.3 Å². The van der Waals surface area contributed by atoms with E-state index < -0.39 is 0 Å². The molecule has 1 aliphatic carbocycles. The van der Waals surface area contributed by atoms with E-state index in [0.29, 0.717) is 5.41 Å². The molecule has 2 rings (SSSR count). The van der Waals surface area contributed by atoms with E-state index in [4.69, 9.17) is 0 Å². The van der Waals surface area contributed by atoms with E-state index in [0.717, 1.165) is 11.2 Å². The molecule has 1 fully saturated rings. The molecule has 0 radical (unpaired) electrons. The van der Waals surface area contributed by atoms with Crippen LogP contribution in [0, 0.1) is 5.92 Å². The molecular weight excluding hydrogens is 222 g/mol. The highest BCUT2D eigenvalue weighted by molar-refractivity contribution is 9.09. The lowest BCUT2D eigenvalue weighted by atomic mass is 10.1. The molecule has 1 nitrogen and oxygen atoms in total. The Hall–Kier alpha value is 0.110. The standard InChI is InChI=1S/C8H10BrNS/c1-8(4-6(8)5-9)7-10-2-3-11-7/h2-3,6H,4-5H2,1H3. The van der Waals surface area contributed by atoms with Crippen LogP contribution in [0.25, 0.3) is 0 Å². The molecule has 1 aliphatic rings. The van der Waals surface area contributed by atoms with Crippen molar-refractivity contribution in [1.82, 2.24) is 4.98 Å². The number of hydrogen-bond donors (Lipinski definition) is 0. The Morgan fingerprint density at radius 3 is 3.18 bits per heavy atom. The molecule has 0 aliphatic heterocycles. The van der Waals surface area contributed by atoms with Gasteiger partial charge >= 0.3 is 0 Å². The Morgan fingerprint density at radius 2 is 2.73 bits per heavy atom. The van der Waals surface area contributed by atoms with Gasteiger partial charge in [0.2, 0.25) is 0 Å². The molecule has 1 saturated carbocycles. The minimum absolute atomic E-state index is 0.400. The minimum atomic E-state index is 0.400. The first kappa shape index (κ1) is 7.74. The van der Waals surface area contributed by atoms with E-state index in [1.54, 1.807) is 11.3 Å². The van der Waals surface area contributed by atoms with Gasteiger partial charge in [0.15, 0.2) is 0 Å². The summed E-state index contributed by atoms with van der Waals surface area (Å²) in [5, 5.41) is 4.48. The molecular formula is C8H10BrNS. The summed E-state index contributed by atoms with van der Waals surface area (Å²) < 4.78 is 0. The van der Waals surface area contributed by atoms with Crippen molar-refractivity contribution in [1.29, 1.82) is 0 Å². The smallest absolute Gasteiger partial charge is 0.0987 e. The zero-order valence-electron chi connectivity index (χ0n) is 6.38. The molecule has 0 N–H and O–H groups in total. The van der Waals surface area contributed by atoms with Gasteiger partial charge in [0.1, 0.15) is 0 Å². The van der Waals surface area contributed by atoms with Crippen LogP contribution in [0.1, 0.15) is 18.4 Å². The number of halogens is 1. The van der Waals surface area contributed by atoms with Gasteiger partial charge in [-0.15, -0.1) is 11.3 Å². The van der Waals surface area contributed by atoms with E-state index in [1.165, 1.54) is 11.4 Å². The highest BCUT2D eigenvalue weighted by atomic mass is 79.9. The number of alkyl halides is 1. The third-order valence-electron chi connectivity index (χ3n) is 2.52. The predicted octanol–water partition coefficient (Wildman–Crippen LogP) is 2.82. The van der Waals surface area contributed by atoms with E-state index >= 15 is 0 Å². The molecule has 2 unspecified atom stereocenters. The van der Waals surface area contributed by atoms with Crippen LogP contribution in [-0.4, -0.2) is 10.3 Å². The first-order valence-corrected chi connectivity index (χ1v) is 5.73. The van der Waals surface area contributed by atoms with Crippen LogP contribution in [0.15, 0.2) is 11.6 Å². The Bertz CT molecular complexity index is 247. The van der Waals surface area contributed by atoms with Crippen molar-refractivity contribution in [2.24, 2.45) is 5.92 Å². The lowest BCUT2D eigenvalue weighted by molar-refractivity contribution is 0.703. The SMILES string of the molecule is CC1(c2nccs2)CC1CBr. The molecule has 2 atom stereocenters. The Morgan fingerprint density at radius 1 is 1.91 bits per heavy atom. The summed E-state index contributed by atoms with van der Waals surface area (Å²) in [7, 11) is 0. The van der Waals surface area contributed by atoms with E-state index in [1.807, 2.05) is 6.20 Å². The molecule has 0 bridgehead atoms. The highest BCUT2D eigenvalue weighted by Gasteiger charge is 2.52. The maximum absolute atomic E-state index is 4.35. The average molecular weight is 232 g/mol. The van der Waals surface area contributed by atoms with Gasteiger partial charge in [-0.1, -0.05) is 22.9 Å². The maximum Gasteiger partial charge on any atom is 0.0987 e. The second kappa shape index (κ2) is 2.56. The molecule has 1 heterocycles. The normalized spacial score (nSPS) is 35.6. The fourth-order valence-electron chi connectivity index (χ4n) is 1.45. The summed E-state index contributed by atoms with van der Waals surface area (Å²) in [5.41, 5.74) is 0.400. The minimum Gasteiger partial charge on any atom is -0.249 e. The fourth-order valence-corrected chi connectivity index (χ4v) is 3.28. The molecule has 0 amide bonds. The number of rotatable bonds is 2. The summed E-state index contributed by atoms with van der Waals surface area (Å²) >= 11 is 5.29. The molecule has 0 saturated heterocycles. The van der Waals surface area contributed by atoms with Crippen molar-refractivity contribution < 1.29 is 0 Å². The van der Waals surface area contributed by atoms with Crippen LogP contribution in [-0.2, 0) is 5.41 Å². The molecule has 0 aromatic carbocycles. The molecule has 0 spiro atoms. The van der Waals surface area contributed by atoms with Gasteiger partial charge in [-0.05, 0) is 12.3 Å². The van der Waals surface area contributed by atoms with Crippen molar-refractivity contribution in [2.75, 3.05) is 5.33 Å². The predicted molar refractivity (Wildman–Crippen MR) is 51.4 cm³/mol. The Kier molecular flexibility index (Phi) is 1.80. The van der Waals surface area contributed by atoms with Crippen molar-refractivity contribution in [2.45, 2.75) is 18.8 Å². The van der Waals surface area contributed by atoms with Gasteiger partial charge in [0.05, 0.1) is 5.01 Å². The van der Waals surface area contributed by atoms with Gasteiger partial charge in [0.25, 0.3) is 0 Å². The maximum atomic E-state index is 4.35. The van der Waals surface area contributed by atoms with Gasteiger partial charge in [-0.2, -0.15) is 0 Å². The van der Waals surface area contributed by atoms with Crippen LogP contribution >= 0.6 is 27.3 Å². The summed E-state index contributed by atoms with van der Waals surface area (Å²) in [6.45, 7) is 2.30. The lowest BCUT2D eigenvalue weighted by Gasteiger charge is -2.03. The van der Waals surface area contributed by atoms with E-state index in [9.17, 15) is 0 Å². The molecule has 11 heavy (non-hydrogen) atoms. The van der Waals surface area contributed by atoms with Crippen LogP contribution in [0.3, 0.4) is 0 Å². The summed E-state index contributed by atoms with van der Waals surface area (Å²) in [6.07, 6.45) is 3.20. The molecule has 1 aromatic heterocycles. The quantitative estimate of drug-likeness (QED) is 0.714. The lowest BCUT2D eigenvalue weighted by Crippen LogP contribution is -2.03. The van der Waals surface area contributed by atoms with Gasteiger partial charge in [0, 0.05) is 22.3 Å². The third-order valence-corrected chi connectivity index (χ3v) is 4.35. The molecule has 1 aromatic rings. The second-order valence-electron chi connectivity index (χ2n) is 3.31. The summed E-state index contributed by atoms with van der Waals surface area (Å²) in [4.78, 5) is 4.35. The van der Waals surface area contributed by atoms with Gasteiger partial charge < -0.3 is 0 Å². The second-order valence-corrected chi connectivity index (χ2v) is 4.85. The van der Waals surface area contributed by atoms with Crippen LogP contribution in [0.4, 0.5) is 0 Å². The zero-order valence-corrected chi connectivity index (χ0v) is 8.78. The van der Waals surface area contributed by atoms with Crippen LogP contribution < -0.4 is 0 Å². The van der Waals surface area contributed by atoms with E-state index in [-0.39, 0.29) is 0 Å².